The summed E-state index contributed by atoms with van der Waals surface area (Å²) in [6, 6.07) is 10.8. The first-order valence-corrected chi connectivity index (χ1v) is 11.4. The van der Waals surface area contributed by atoms with Crippen LogP contribution in [0.15, 0.2) is 52.2 Å². The Balaban J connectivity index is 1.75. The summed E-state index contributed by atoms with van der Waals surface area (Å²) in [6.07, 6.45) is 0. The van der Waals surface area contributed by atoms with E-state index in [4.69, 9.17) is 11.6 Å². The molecule has 0 saturated carbocycles. The van der Waals surface area contributed by atoms with Gasteiger partial charge in [-0.2, -0.15) is 4.72 Å². The number of aromatic nitrogens is 1. The van der Waals surface area contributed by atoms with Crippen LogP contribution in [-0.2, 0) is 17.9 Å². The predicted octanol–water partition coefficient (Wildman–Crippen LogP) is 5.31. The Hall–Kier alpha value is -1.84. The van der Waals surface area contributed by atoms with Crippen molar-refractivity contribution in [2.24, 2.45) is 0 Å². The second kappa shape index (κ2) is 9.77. The molecule has 2 unspecified atom stereocenters. The van der Waals surface area contributed by atoms with Crippen molar-refractivity contribution in [1.29, 1.82) is 0 Å². The highest BCUT2D eigenvalue weighted by Crippen LogP contribution is 2.31. The van der Waals surface area contributed by atoms with Crippen molar-refractivity contribution in [3.63, 3.8) is 0 Å². The van der Waals surface area contributed by atoms with E-state index in [0.717, 1.165) is 12.1 Å². The van der Waals surface area contributed by atoms with Gasteiger partial charge in [0.15, 0.2) is 11.6 Å². The average molecular weight is 453 g/mol. The topological polar surface area (TPSA) is 63.2 Å². The van der Waals surface area contributed by atoms with Gasteiger partial charge in [0.25, 0.3) is 0 Å². The van der Waals surface area contributed by atoms with E-state index in [9.17, 15) is 8.94 Å². The standard InChI is InChI=1S/C20H22ClFN4OS2/c1-13(15-6-4-5-14(7-15)10-26(2)3)24-18-9-17(22)19(8-16(18)21)29(27)25-20-11-28-12-23-20/h4-9,11-13,24-25H,10H2,1-3H3. The maximum absolute atomic E-state index is 14.6. The van der Waals surface area contributed by atoms with Crippen molar-refractivity contribution in [2.75, 3.05) is 24.1 Å². The summed E-state index contributed by atoms with van der Waals surface area (Å²) >= 11 is 5.90. The minimum Gasteiger partial charge on any atom is -0.588 e. The highest BCUT2D eigenvalue weighted by Gasteiger charge is 2.22. The molecule has 0 saturated heterocycles. The lowest BCUT2D eigenvalue weighted by Crippen LogP contribution is -2.16. The minimum atomic E-state index is -1.80. The molecule has 1 heterocycles. The van der Waals surface area contributed by atoms with E-state index >= 15 is 0 Å². The molecule has 2 atom stereocenters. The number of anilines is 2. The van der Waals surface area contributed by atoms with Crippen molar-refractivity contribution in [1.82, 2.24) is 9.88 Å². The van der Waals surface area contributed by atoms with Crippen LogP contribution in [0.4, 0.5) is 15.9 Å². The lowest BCUT2D eigenvalue weighted by Gasteiger charge is -2.19. The second-order valence-electron chi connectivity index (χ2n) is 6.86. The lowest BCUT2D eigenvalue weighted by molar-refractivity contribution is 0.402. The molecule has 29 heavy (non-hydrogen) atoms. The van der Waals surface area contributed by atoms with Gasteiger partial charge >= 0.3 is 0 Å². The molecule has 0 spiro atoms. The highest BCUT2D eigenvalue weighted by atomic mass is 35.5. The van der Waals surface area contributed by atoms with Gasteiger partial charge in [-0.05, 0) is 32.1 Å². The van der Waals surface area contributed by atoms with E-state index in [0.29, 0.717) is 16.5 Å². The van der Waals surface area contributed by atoms with Gasteiger partial charge in [0, 0.05) is 30.1 Å². The molecule has 2 aromatic carbocycles. The van der Waals surface area contributed by atoms with Crippen molar-refractivity contribution < 1.29 is 8.94 Å². The zero-order valence-corrected chi connectivity index (χ0v) is 18.7. The maximum Gasteiger partial charge on any atom is 0.217 e. The molecule has 154 valence electrons. The highest BCUT2D eigenvalue weighted by molar-refractivity contribution is 7.92. The number of benzene rings is 2. The second-order valence-corrected chi connectivity index (χ2v) is 9.16. The third-order valence-corrected chi connectivity index (χ3v) is 6.18. The third-order valence-electron chi connectivity index (χ3n) is 4.17. The summed E-state index contributed by atoms with van der Waals surface area (Å²) in [5.41, 5.74) is 4.31. The molecule has 9 heteroatoms. The SMILES string of the molecule is CC(Nc1cc(F)c([S+]([O-])Nc2cscn2)cc1Cl)c1cccc(CN(C)C)c1. The fourth-order valence-corrected chi connectivity index (χ4v) is 4.55. The van der Waals surface area contributed by atoms with E-state index in [2.05, 4.69) is 32.1 Å². The molecule has 2 N–H and O–H groups in total. The van der Waals surface area contributed by atoms with E-state index < -0.39 is 17.2 Å². The van der Waals surface area contributed by atoms with Gasteiger partial charge in [-0.1, -0.05) is 35.9 Å². The Labute approximate surface area is 182 Å². The molecule has 0 aliphatic heterocycles. The Morgan fingerprint density at radius 2 is 2.10 bits per heavy atom. The number of hydrogen-bond acceptors (Lipinski definition) is 6. The van der Waals surface area contributed by atoms with Crippen LogP contribution in [0.25, 0.3) is 0 Å². The number of rotatable bonds is 8. The third kappa shape index (κ3) is 5.83. The molecule has 3 rings (SSSR count). The van der Waals surface area contributed by atoms with Gasteiger partial charge in [-0.15, -0.1) is 11.3 Å². The summed E-state index contributed by atoms with van der Waals surface area (Å²) in [7, 11) is 4.04. The van der Waals surface area contributed by atoms with Crippen LogP contribution in [0.2, 0.25) is 5.02 Å². The average Bonchev–Trinajstić information content (AvgIpc) is 3.17. The molecule has 3 aromatic rings. The molecular weight excluding hydrogens is 431 g/mol. The Morgan fingerprint density at radius 3 is 2.79 bits per heavy atom. The smallest absolute Gasteiger partial charge is 0.217 e. The fourth-order valence-electron chi connectivity index (χ4n) is 2.84. The summed E-state index contributed by atoms with van der Waals surface area (Å²) in [4.78, 5) is 6.07. The quantitative estimate of drug-likeness (QED) is 0.454. The van der Waals surface area contributed by atoms with Crippen molar-refractivity contribution in [3.05, 3.63) is 69.3 Å². The van der Waals surface area contributed by atoms with Crippen molar-refractivity contribution in [3.8, 4) is 0 Å². The largest absolute Gasteiger partial charge is 0.588 e. The first-order valence-electron chi connectivity index (χ1n) is 8.89. The lowest BCUT2D eigenvalue weighted by atomic mass is 10.0. The van der Waals surface area contributed by atoms with E-state index in [1.165, 1.54) is 29.0 Å². The molecule has 5 nitrogen and oxygen atoms in total. The maximum atomic E-state index is 14.6. The fraction of sp³-hybridized carbons (Fsp3) is 0.250. The van der Waals surface area contributed by atoms with E-state index in [-0.39, 0.29) is 10.9 Å². The first-order chi connectivity index (χ1) is 13.8. The van der Waals surface area contributed by atoms with Gasteiger partial charge < -0.3 is 14.8 Å². The monoisotopic (exact) mass is 452 g/mol. The van der Waals surface area contributed by atoms with E-state index in [1.54, 1.807) is 10.9 Å². The molecule has 0 aliphatic rings. The number of halogens is 2. The van der Waals surface area contributed by atoms with Gasteiger partial charge in [0.05, 0.1) is 16.2 Å². The van der Waals surface area contributed by atoms with Crippen LogP contribution in [0.3, 0.4) is 0 Å². The summed E-state index contributed by atoms with van der Waals surface area (Å²) in [5, 5.41) is 5.24. The van der Waals surface area contributed by atoms with Gasteiger partial charge in [0.1, 0.15) is 11.4 Å². The van der Waals surface area contributed by atoms with Crippen LogP contribution >= 0.6 is 22.9 Å². The zero-order valence-electron chi connectivity index (χ0n) is 16.3. The number of thiazole rings is 1. The summed E-state index contributed by atoms with van der Waals surface area (Å²) in [5.74, 6) is -0.177. The zero-order chi connectivity index (χ0) is 21.0. The number of nitrogens with one attached hydrogen (secondary N) is 2. The molecular formula is C20H22ClFN4OS2. The normalized spacial score (nSPS) is 13.3. The molecule has 0 fully saturated rings. The van der Waals surface area contributed by atoms with Crippen molar-refractivity contribution >= 4 is 45.8 Å². The molecule has 0 aliphatic carbocycles. The molecule has 0 radical (unpaired) electrons. The van der Waals surface area contributed by atoms with Crippen LogP contribution in [0.5, 0.6) is 0 Å². The molecule has 1 aromatic heterocycles. The summed E-state index contributed by atoms with van der Waals surface area (Å²) in [6.45, 7) is 2.82. The Morgan fingerprint density at radius 1 is 1.31 bits per heavy atom. The number of nitrogens with zero attached hydrogens (tertiary/aromatic N) is 2. The number of hydrogen-bond donors (Lipinski definition) is 2. The first kappa shape index (κ1) is 21.9. The van der Waals surface area contributed by atoms with Crippen molar-refractivity contribution in [2.45, 2.75) is 24.4 Å². The van der Waals surface area contributed by atoms with E-state index in [1.807, 2.05) is 33.2 Å². The molecule has 0 bridgehead atoms. The predicted molar refractivity (Wildman–Crippen MR) is 119 cm³/mol. The van der Waals surface area contributed by atoms with Crippen LogP contribution in [-0.4, -0.2) is 28.5 Å². The summed E-state index contributed by atoms with van der Waals surface area (Å²) < 4.78 is 29.7. The van der Waals surface area contributed by atoms with Crippen LogP contribution < -0.4 is 10.0 Å². The van der Waals surface area contributed by atoms with Crippen LogP contribution in [0.1, 0.15) is 24.1 Å². The van der Waals surface area contributed by atoms with Crippen LogP contribution in [0, 0.1) is 5.82 Å². The molecule has 0 amide bonds. The Kier molecular flexibility index (Phi) is 7.37. The Bertz CT molecular complexity index is 956. The van der Waals surface area contributed by atoms with Gasteiger partial charge in [-0.3, -0.25) is 0 Å². The van der Waals surface area contributed by atoms with Gasteiger partial charge in [-0.25, -0.2) is 9.37 Å². The van der Waals surface area contributed by atoms with Gasteiger partial charge in [0.2, 0.25) is 4.90 Å². The minimum absolute atomic E-state index is 0.0193.